The first kappa shape index (κ1) is 13.4. The maximum atomic E-state index is 6.23. The van der Waals surface area contributed by atoms with Gasteiger partial charge in [-0.05, 0) is 45.2 Å². The highest BCUT2D eigenvalue weighted by Crippen LogP contribution is 2.29. The smallest absolute Gasteiger partial charge is 0.149 e. The fraction of sp³-hybridized carbons (Fsp3) is 0.471. The zero-order chi connectivity index (χ0) is 14.1. The molecule has 0 aliphatic carbocycles. The summed E-state index contributed by atoms with van der Waals surface area (Å²) in [7, 11) is 0. The summed E-state index contributed by atoms with van der Waals surface area (Å²) < 4.78 is 6.23. The molecular weight excluding hydrogens is 248 g/mol. The predicted molar refractivity (Wildman–Crippen MR) is 82.1 cm³/mol. The molecule has 2 heterocycles. The molecule has 3 rings (SSSR count). The van der Waals surface area contributed by atoms with Gasteiger partial charge in [0.05, 0.1) is 5.52 Å². The number of aromatic nitrogens is 1. The average Bonchev–Trinajstić information content (AvgIpc) is 2.94. The largest absolute Gasteiger partial charge is 0.475 e. The third-order valence-corrected chi connectivity index (χ3v) is 4.08. The normalized spacial score (nSPS) is 17.6. The van der Waals surface area contributed by atoms with Crippen molar-refractivity contribution in [2.45, 2.75) is 39.8 Å². The highest BCUT2D eigenvalue weighted by molar-refractivity contribution is 5.87. The van der Waals surface area contributed by atoms with Crippen LogP contribution in [0.5, 0.6) is 5.75 Å². The van der Waals surface area contributed by atoms with Crippen molar-refractivity contribution in [2.24, 2.45) is 0 Å². The molecular formula is C17H22N2O. The first-order valence-corrected chi connectivity index (χ1v) is 7.43. The van der Waals surface area contributed by atoms with Gasteiger partial charge in [-0.2, -0.15) is 0 Å². The molecule has 3 nitrogen and oxygen atoms in total. The Labute approximate surface area is 120 Å². The summed E-state index contributed by atoms with van der Waals surface area (Å²) in [6.07, 6.45) is 2.69. The second-order valence-corrected chi connectivity index (χ2v) is 5.69. The number of benzene rings is 1. The van der Waals surface area contributed by atoms with Crippen molar-refractivity contribution in [1.82, 2.24) is 9.88 Å². The summed E-state index contributed by atoms with van der Waals surface area (Å²) in [6, 6.07) is 8.32. The van der Waals surface area contributed by atoms with Gasteiger partial charge >= 0.3 is 0 Å². The predicted octanol–water partition coefficient (Wildman–Crippen LogP) is 3.67. The van der Waals surface area contributed by atoms with E-state index in [0.717, 1.165) is 35.4 Å². The minimum absolute atomic E-state index is 0.128. The lowest BCUT2D eigenvalue weighted by atomic mass is 10.1. The van der Waals surface area contributed by atoms with E-state index in [4.69, 9.17) is 4.74 Å². The molecule has 1 aromatic heterocycles. The van der Waals surface area contributed by atoms with E-state index in [1.165, 1.54) is 18.4 Å². The maximum absolute atomic E-state index is 6.23. The lowest BCUT2D eigenvalue weighted by Crippen LogP contribution is -2.34. The molecule has 0 saturated carbocycles. The van der Waals surface area contributed by atoms with E-state index in [0.29, 0.717) is 0 Å². The van der Waals surface area contributed by atoms with E-state index < -0.39 is 0 Å². The average molecular weight is 270 g/mol. The lowest BCUT2D eigenvalue weighted by Gasteiger charge is -2.25. The summed E-state index contributed by atoms with van der Waals surface area (Å²) in [6.45, 7) is 8.55. The van der Waals surface area contributed by atoms with Gasteiger partial charge in [-0.25, -0.2) is 0 Å². The Kier molecular flexibility index (Phi) is 3.62. The number of nitrogens with zero attached hydrogens (tertiary/aromatic N) is 2. The Morgan fingerprint density at radius 3 is 2.70 bits per heavy atom. The van der Waals surface area contributed by atoms with Crippen LogP contribution in [0.1, 0.15) is 31.0 Å². The Balaban J connectivity index is 1.96. The number of aryl methyl sites for hydroxylation is 2. The molecule has 1 aliphatic rings. The fourth-order valence-corrected chi connectivity index (χ4v) is 2.94. The number of hydrogen-bond acceptors (Lipinski definition) is 3. The number of hydrogen-bond donors (Lipinski definition) is 0. The van der Waals surface area contributed by atoms with Crippen molar-refractivity contribution < 1.29 is 4.74 Å². The Hall–Kier alpha value is -1.61. The van der Waals surface area contributed by atoms with E-state index >= 15 is 0 Å². The fourth-order valence-electron chi connectivity index (χ4n) is 2.94. The number of ether oxygens (including phenoxy) is 1. The molecule has 1 aromatic carbocycles. The van der Waals surface area contributed by atoms with Crippen LogP contribution in [0.2, 0.25) is 0 Å². The van der Waals surface area contributed by atoms with Crippen LogP contribution in [-0.2, 0) is 0 Å². The van der Waals surface area contributed by atoms with Crippen LogP contribution in [0.15, 0.2) is 24.3 Å². The van der Waals surface area contributed by atoms with Crippen LogP contribution in [-0.4, -0.2) is 29.2 Å². The van der Waals surface area contributed by atoms with Crippen LogP contribution < -0.4 is 4.74 Å². The van der Waals surface area contributed by atoms with Gasteiger partial charge in [0.25, 0.3) is 0 Å². The number of para-hydroxylation sites is 1. The van der Waals surface area contributed by atoms with E-state index in [1.807, 2.05) is 13.0 Å². The first-order chi connectivity index (χ1) is 9.65. The molecule has 1 fully saturated rings. The topological polar surface area (TPSA) is 25.4 Å². The summed E-state index contributed by atoms with van der Waals surface area (Å²) in [5, 5.41) is 1.11. The van der Waals surface area contributed by atoms with Gasteiger partial charge in [-0.1, -0.05) is 12.1 Å². The van der Waals surface area contributed by atoms with Crippen LogP contribution in [0.4, 0.5) is 0 Å². The first-order valence-electron chi connectivity index (χ1n) is 7.43. The van der Waals surface area contributed by atoms with Gasteiger partial charge in [0.15, 0.2) is 0 Å². The zero-order valence-corrected chi connectivity index (χ0v) is 12.5. The molecule has 0 amide bonds. The van der Waals surface area contributed by atoms with E-state index in [-0.39, 0.29) is 6.23 Å². The van der Waals surface area contributed by atoms with Gasteiger partial charge < -0.3 is 4.74 Å². The van der Waals surface area contributed by atoms with Gasteiger partial charge in [-0.3, -0.25) is 9.88 Å². The third-order valence-electron chi connectivity index (χ3n) is 4.08. The lowest BCUT2D eigenvalue weighted by molar-refractivity contribution is 0.0605. The summed E-state index contributed by atoms with van der Waals surface area (Å²) in [5.41, 5.74) is 3.26. The molecule has 20 heavy (non-hydrogen) atoms. The van der Waals surface area contributed by atoms with Crippen molar-refractivity contribution in [1.29, 1.82) is 0 Å². The number of fused-ring (bicyclic) bond motifs is 1. The van der Waals surface area contributed by atoms with Crippen molar-refractivity contribution in [3.05, 3.63) is 35.5 Å². The van der Waals surface area contributed by atoms with E-state index in [1.54, 1.807) is 0 Å². The summed E-state index contributed by atoms with van der Waals surface area (Å²) >= 11 is 0. The third kappa shape index (κ3) is 2.50. The second kappa shape index (κ2) is 5.41. The molecule has 2 aromatic rings. The zero-order valence-electron chi connectivity index (χ0n) is 12.5. The van der Waals surface area contributed by atoms with Gasteiger partial charge in [0.1, 0.15) is 12.0 Å². The number of rotatable bonds is 3. The number of pyridine rings is 1. The minimum atomic E-state index is 0.128. The Morgan fingerprint density at radius 1 is 1.20 bits per heavy atom. The van der Waals surface area contributed by atoms with Crippen molar-refractivity contribution >= 4 is 10.9 Å². The standard InChI is InChI=1S/C17H22N2O/c1-12-7-6-8-15-16(11-13(2)18-17(12)15)20-14(3)19-9-4-5-10-19/h6-8,11,14H,4-5,9-10H2,1-3H3. The Bertz CT molecular complexity index is 618. The van der Waals surface area contributed by atoms with Crippen molar-refractivity contribution in [3.8, 4) is 5.75 Å². The van der Waals surface area contributed by atoms with Gasteiger partial charge in [0, 0.05) is 30.2 Å². The molecule has 1 saturated heterocycles. The van der Waals surface area contributed by atoms with Crippen LogP contribution in [0.3, 0.4) is 0 Å². The highest BCUT2D eigenvalue weighted by atomic mass is 16.5. The van der Waals surface area contributed by atoms with Crippen LogP contribution in [0, 0.1) is 13.8 Å². The molecule has 3 heteroatoms. The molecule has 0 bridgehead atoms. The van der Waals surface area contributed by atoms with Gasteiger partial charge in [-0.15, -0.1) is 0 Å². The molecule has 1 atom stereocenters. The molecule has 0 spiro atoms. The summed E-state index contributed by atoms with van der Waals surface area (Å²) in [5.74, 6) is 0.954. The molecule has 0 N–H and O–H groups in total. The quantitative estimate of drug-likeness (QED) is 0.851. The SMILES string of the molecule is Cc1cc(OC(C)N2CCCC2)c2cccc(C)c2n1. The van der Waals surface area contributed by atoms with E-state index in [2.05, 4.69) is 41.9 Å². The number of likely N-dealkylation sites (tertiary alicyclic amines) is 1. The van der Waals surface area contributed by atoms with Crippen molar-refractivity contribution in [3.63, 3.8) is 0 Å². The second-order valence-electron chi connectivity index (χ2n) is 5.69. The van der Waals surface area contributed by atoms with Crippen LogP contribution >= 0.6 is 0 Å². The molecule has 1 unspecified atom stereocenters. The molecule has 0 radical (unpaired) electrons. The minimum Gasteiger partial charge on any atom is -0.475 e. The highest BCUT2D eigenvalue weighted by Gasteiger charge is 2.20. The monoisotopic (exact) mass is 270 g/mol. The van der Waals surface area contributed by atoms with E-state index in [9.17, 15) is 0 Å². The van der Waals surface area contributed by atoms with Gasteiger partial charge in [0.2, 0.25) is 0 Å². The summed E-state index contributed by atoms with van der Waals surface area (Å²) in [4.78, 5) is 7.05. The van der Waals surface area contributed by atoms with Crippen LogP contribution in [0.25, 0.3) is 10.9 Å². The maximum Gasteiger partial charge on any atom is 0.149 e. The molecule has 1 aliphatic heterocycles. The Morgan fingerprint density at radius 2 is 1.95 bits per heavy atom. The van der Waals surface area contributed by atoms with Crippen molar-refractivity contribution in [2.75, 3.05) is 13.1 Å². The molecule has 106 valence electrons.